The summed E-state index contributed by atoms with van der Waals surface area (Å²) >= 11 is 3.53. The maximum absolute atomic E-state index is 11.3. The normalized spacial score (nSPS) is 21.8. The molecule has 1 saturated carbocycles. The van der Waals surface area contributed by atoms with Gasteiger partial charge < -0.3 is 9.47 Å². The number of carbonyl (C=O) groups is 1. The molecule has 2 rings (SSSR count). The van der Waals surface area contributed by atoms with Crippen LogP contribution in [0.15, 0.2) is 34.8 Å². The van der Waals surface area contributed by atoms with E-state index in [1.807, 2.05) is 31.2 Å². The molecule has 0 N–H and O–H groups in total. The Morgan fingerprint density at radius 3 is 2.73 bits per heavy atom. The van der Waals surface area contributed by atoms with Gasteiger partial charge in [0.05, 0.1) is 12.7 Å². The van der Waals surface area contributed by atoms with Gasteiger partial charge in [0.1, 0.15) is 5.75 Å². The number of halogens is 1. The van der Waals surface area contributed by atoms with Crippen molar-refractivity contribution >= 4 is 21.9 Å². The molecule has 0 aromatic heterocycles. The first-order valence-electron chi connectivity index (χ1n) is 7.87. The minimum atomic E-state index is -0.245. The van der Waals surface area contributed by atoms with Crippen molar-refractivity contribution in [2.45, 2.75) is 45.6 Å². The van der Waals surface area contributed by atoms with Gasteiger partial charge in [0.2, 0.25) is 0 Å². The van der Waals surface area contributed by atoms with Gasteiger partial charge in [-0.15, -0.1) is 0 Å². The van der Waals surface area contributed by atoms with Crippen LogP contribution in [0.25, 0.3) is 0 Å². The van der Waals surface area contributed by atoms with Crippen LogP contribution in [-0.4, -0.2) is 18.7 Å². The quantitative estimate of drug-likeness (QED) is 0.553. The van der Waals surface area contributed by atoms with Crippen molar-refractivity contribution in [2.24, 2.45) is 5.92 Å². The maximum Gasteiger partial charge on any atom is 0.330 e. The number of ether oxygens (including phenoxy) is 2. The van der Waals surface area contributed by atoms with Gasteiger partial charge in [-0.1, -0.05) is 28.1 Å². The Hall–Kier alpha value is -1.29. The van der Waals surface area contributed by atoms with E-state index in [1.165, 1.54) is 0 Å². The van der Waals surface area contributed by atoms with E-state index in [4.69, 9.17) is 9.47 Å². The Balaban J connectivity index is 1.82. The van der Waals surface area contributed by atoms with Crippen LogP contribution in [0.3, 0.4) is 0 Å². The summed E-state index contributed by atoms with van der Waals surface area (Å²) < 4.78 is 12.1. The number of esters is 1. The van der Waals surface area contributed by atoms with Gasteiger partial charge >= 0.3 is 5.97 Å². The monoisotopic (exact) mass is 366 g/mol. The third-order valence-electron chi connectivity index (χ3n) is 4.02. The minimum absolute atomic E-state index is 0.245. The van der Waals surface area contributed by atoms with E-state index in [-0.39, 0.29) is 12.1 Å². The highest BCUT2D eigenvalue weighted by atomic mass is 79.9. The lowest BCUT2D eigenvalue weighted by atomic mass is 9.87. The van der Waals surface area contributed by atoms with Crippen LogP contribution in [0.2, 0.25) is 0 Å². The molecule has 0 bridgehead atoms. The summed E-state index contributed by atoms with van der Waals surface area (Å²) in [5, 5.41) is 0. The van der Waals surface area contributed by atoms with E-state index >= 15 is 0 Å². The van der Waals surface area contributed by atoms with Gasteiger partial charge in [0.25, 0.3) is 0 Å². The zero-order valence-corrected chi connectivity index (χ0v) is 14.8. The van der Waals surface area contributed by atoms with Gasteiger partial charge in [-0.05, 0) is 57.6 Å². The Morgan fingerprint density at radius 2 is 2.05 bits per heavy atom. The third-order valence-corrected chi connectivity index (χ3v) is 4.88. The van der Waals surface area contributed by atoms with Crippen molar-refractivity contribution in [3.63, 3.8) is 0 Å². The molecule has 0 unspecified atom stereocenters. The molecule has 0 aliphatic heterocycles. The molecule has 0 atom stereocenters. The third kappa shape index (κ3) is 4.87. The molecule has 1 fully saturated rings. The largest absolute Gasteiger partial charge is 0.490 e. The summed E-state index contributed by atoms with van der Waals surface area (Å²) in [6.07, 6.45) is 7.95. The van der Waals surface area contributed by atoms with Crippen LogP contribution in [-0.2, 0) is 9.53 Å². The van der Waals surface area contributed by atoms with Crippen molar-refractivity contribution in [3.05, 3.63) is 40.4 Å². The SMILES string of the molecule is CCOC(=O)/C=C/[C@H]1CC[C@H](Oc2cccc(Br)c2C)CC1. The van der Waals surface area contributed by atoms with Crippen molar-refractivity contribution in [1.29, 1.82) is 0 Å². The number of carbonyl (C=O) groups excluding carboxylic acids is 1. The van der Waals surface area contributed by atoms with Gasteiger partial charge in [-0.25, -0.2) is 4.79 Å². The van der Waals surface area contributed by atoms with Crippen molar-refractivity contribution in [2.75, 3.05) is 6.61 Å². The van der Waals surface area contributed by atoms with Crippen molar-refractivity contribution in [3.8, 4) is 5.75 Å². The summed E-state index contributed by atoms with van der Waals surface area (Å²) in [6.45, 7) is 4.31. The first kappa shape index (κ1) is 17.1. The number of allylic oxidation sites excluding steroid dienone is 1. The first-order chi connectivity index (χ1) is 10.6. The lowest BCUT2D eigenvalue weighted by Crippen LogP contribution is -2.23. The zero-order chi connectivity index (χ0) is 15.9. The summed E-state index contributed by atoms with van der Waals surface area (Å²) in [6, 6.07) is 6.05. The molecule has 0 radical (unpaired) electrons. The van der Waals surface area contributed by atoms with Crippen molar-refractivity contribution < 1.29 is 14.3 Å². The van der Waals surface area contributed by atoms with Gasteiger partial charge in [-0.2, -0.15) is 0 Å². The fraction of sp³-hybridized carbons (Fsp3) is 0.500. The average Bonchev–Trinajstić information content (AvgIpc) is 2.51. The maximum atomic E-state index is 11.3. The predicted octanol–water partition coefficient (Wildman–Crippen LogP) is 4.81. The second-order valence-electron chi connectivity index (χ2n) is 5.63. The predicted molar refractivity (Wildman–Crippen MR) is 91.0 cm³/mol. The van der Waals surface area contributed by atoms with E-state index in [9.17, 15) is 4.79 Å². The lowest BCUT2D eigenvalue weighted by molar-refractivity contribution is -0.137. The zero-order valence-electron chi connectivity index (χ0n) is 13.2. The summed E-state index contributed by atoms with van der Waals surface area (Å²) in [7, 11) is 0. The highest BCUT2D eigenvalue weighted by Crippen LogP contribution is 2.31. The second kappa shape index (κ2) is 8.37. The molecule has 22 heavy (non-hydrogen) atoms. The van der Waals surface area contributed by atoms with Gasteiger partial charge in [-0.3, -0.25) is 0 Å². The molecule has 1 aromatic rings. The van der Waals surface area contributed by atoms with E-state index < -0.39 is 0 Å². The fourth-order valence-electron chi connectivity index (χ4n) is 2.70. The molecule has 0 heterocycles. The summed E-state index contributed by atoms with van der Waals surface area (Å²) in [4.78, 5) is 11.3. The van der Waals surface area contributed by atoms with Crippen LogP contribution in [0.4, 0.5) is 0 Å². The Bertz CT molecular complexity index is 531. The number of benzene rings is 1. The van der Waals surface area contributed by atoms with Crippen LogP contribution in [0.1, 0.15) is 38.2 Å². The molecule has 1 aliphatic carbocycles. The molecule has 1 aliphatic rings. The fourth-order valence-corrected chi connectivity index (χ4v) is 3.05. The van der Waals surface area contributed by atoms with E-state index in [2.05, 4.69) is 22.9 Å². The molecule has 0 amide bonds. The van der Waals surface area contributed by atoms with Gasteiger partial charge in [0, 0.05) is 16.1 Å². The molecule has 0 spiro atoms. The molecular weight excluding hydrogens is 344 g/mol. The van der Waals surface area contributed by atoms with Gasteiger partial charge in [0.15, 0.2) is 0 Å². The Morgan fingerprint density at radius 1 is 1.32 bits per heavy atom. The number of hydrogen-bond acceptors (Lipinski definition) is 3. The number of rotatable bonds is 5. The second-order valence-corrected chi connectivity index (χ2v) is 6.48. The summed E-state index contributed by atoms with van der Waals surface area (Å²) in [5.41, 5.74) is 1.15. The van der Waals surface area contributed by atoms with Crippen LogP contribution in [0, 0.1) is 12.8 Å². The van der Waals surface area contributed by atoms with E-state index in [1.54, 1.807) is 6.08 Å². The highest BCUT2D eigenvalue weighted by Gasteiger charge is 2.21. The van der Waals surface area contributed by atoms with E-state index in [0.717, 1.165) is 41.5 Å². The molecule has 4 heteroatoms. The number of hydrogen-bond donors (Lipinski definition) is 0. The smallest absolute Gasteiger partial charge is 0.330 e. The highest BCUT2D eigenvalue weighted by molar-refractivity contribution is 9.10. The lowest BCUT2D eigenvalue weighted by Gasteiger charge is -2.28. The van der Waals surface area contributed by atoms with Crippen molar-refractivity contribution in [1.82, 2.24) is 0 Å². The molecule has 0 saturated heterocycles. The van der Waals surface area contributed by atoms with Crippen LogP contribution < -0.4 is 4.74 Å². The molecular formula is C18H23BrO3. The Kier molecular flexibility index (Phi) is 6.49. The van der Waals surface area contributed by atoms with E-state index in [0.29, 0.717) is 12.5 Å². The minimum Gasteiger partial charge on any atom is -0.490 e. The molecule has 3 nitrogen and oxygen atoms in total. The average molecular weight is 367 g/mol. The topological polar surface area (TPSA) is 35.5 Å². The van der Waals surface area contributed by atoms with Crippen LogP contribution >= 0.6 is 15.9 Å². The standard InChI is InChI=1S/C18H23BrO3/c1-3-21-18(20)12-9-14-7-10-15(11-8-14)22-17-6-4-5-16(19)13(17)2/h4-6,9,12,14-15H,3,7-8,10-11H2,1-2H3/b12-9+/t14-,15-. The molecule has 120 valence electrons. The van der Waals surface area contributed by atoms with Crippen LogP contribution in [0.5, 0.6) is 5.75 Å². The summed E-state index contributed by atoms with van der Waals surface area (Å²) in [5.74, 6) is 1.17. The molecule has 1 aromatic carbocycles. The Labute approximate surface area is 140 Å². The first-order valence-corrected chi connectivity index (χ1v) is 8.66.